The molecule has 0 saturated heterocycles. The fourth-order valence-corrected chi connectivity index (χ4v) is 2.31. The molecule has 5 heteroatoms. The molecule has 1 aromatic rings. The Morgan fingerprint density at radius 1 is 1.06 bits per heavy atom. The molecule has 0 spiro atoms. The lowest BCUT2D eigenvalue weighted by Gasteiger charge is -2.07. The van der Waals surface area contributed by atoms with E-state index in [0.717, 1.165) is 32.1 Å². The van der Waals surface area contributed by atoms with Gasteiger partial charge in [0.15, 0.2) is 0 Å². The Labute approximate surface area is 114 Å². The maximum atomic E-state index is 8.85. The number of hydrogen-bond acceptors (Lipinski definition) is 2. The molecule has 0 aliphatic heterocycles. The summed E-state index contributed by atoms with van der Waals surface area (Å²) >= 11 is 4.36. The van der Waals surface area contributed by atoms with Crippen molar-refractivity contribution in [2.24, 2.45) is 0 Å². The monoisotopic (exact) mass is 288 g/mol. The Kier molecular flexibility index (Phi) is 7.05. The molecule has 0 saturated carbocycles. The number of unbranched alkanes of at least 4 members (excludes halogenated alkanes) is 3. The molecule has 0 amide bonds. The van der Waals surface area contributed by atoms with Gasteiger partial charge in [-0.3, -0.25) is 0 Å². The summed E-state index contributed by atoms with van der Waals surface area (Å²) in [5.74, 6) is 0. The van der Waals surface area contributed by atoms with E-state index in [0.29, 0.717) is 6.61 Å². The van der Waals surface area contributed by atoms with Crippen LogP contribution in [0.3, 0.4) is 0 Å². The summed E-state index contributed by atoms with van der Waals surface area (Å²) in [7, 11) is 0. The second-order valence-corrected chi connectivity index (χ2v) is 7.14. The largest absolute Gasteiger partial charge is 0.325 e. The SMILES string of the molecule is Cc1ccc(CCCCCCOP(O)(O)=S)cc1. The van der Waals surface area contributed by atoms with Crippen LogP contribution in [0.15, 0.2) is 24.3 Å². The van der Waals surface area contributed by atoms with Crippen molar-refractivity contribution < 1.29 is 14.3 Å². The number of hydrogen-bond donors (Lipinski definition) is 2. The van der Waals surface area contributed by atoms with E-state index in [1.165, 1.54) is 11.1 Å². The van der Waals surface area contributed by atoms with Gasteiger partial charge >= 0.3 is 6.72 Å². The van der Waals surface area contributed by atoms with E-state index in [1.807, 2.05) is 0 Å². The summed E-state index contributed by atoms with van der Waals surface area (Å²) in [5.41, 5.74) is 2.66. The second kappa shape index (κ2) is 8.03. The van der Waals surface area contributed by atoms with E-state index >= 15 is 0 Å². The summed E-state index contributed by atoms with van der Waals surface area (Å²) in [6, 6.07) is 8.62. The molecule has 0 aromatic heterocycles. The van der Waals surface area contributed by atoms with Crippen molar-refractivity contribution in [2.75, 3.05) is 6.61 Å². The Bertz CT molecular complexity index is 386. The minimum Gasteiger partial charge on any atom is -0.325 e. The van der Waals surface area contributed by atoms with Crippen LogP contribution >= 0.6 is 6.72 Å². The average Bonchev–Trinajstić information content (AvgIpc) is 2.29. The van der Waals surface area contributed by atoms with Gasteiger partial charge in [-0.25, -0.2) is 0 Å². The van der Waals surface area contributed by atoms with Crippen molar-refractivity contribution in [3.05, 3.63) is 35.4 Å². The lowest BCUT2D eigenvalue weighted by molar-refractivity contribution is 0.245. The van der Waals surface area contributed by atoms with Gasteiger partial charge in [0.1, 0.15) is 0 Å². The highest BCUT2D eigenvalue weighted by atomic mass is 32.5. The van der Waals surface area contributed by atoms with E-state index in [4.69, 9.17) is 14.3 Å². The smallest absolute Gasteiger partial charge is 0.321 e. The number of rotatable bonds is 8. The average molecular weight is 288 g/mol. The number of benzene rings is 1. The zero-order valence-electron chi connectivity index (χ0n) is 10.7. The summed E-state index contributed by atoms with van der Waals surface area (Å²) < 4.78 is 4.74. The first-order valence-corrected chi connectivity index (χ1v) is 8.85. The molecule has 0 aliphatic carbocycles. The molecular weight excluding hydrogens is 267 g/mol. The van der Waals surface area contributed by atoms with Gasteiger partial charge in [0.2, 0.25) is 0 Å². The minimum absolute atomic E-state index is 0.342. The Hall–Kier alpha value is -0.250. The molecule has 0 bridgehead atoms. The van der Waals surface area contributed by atoms with E-state index in [2.05, 4.69) is 43.0 Å². The standard InChI is InChI=1S/C13H21O3PS/c1-12-7-9-13(10-8-12)6-4-2-3-5-11-16-17(14,15)18/h7-10H,2-6,11H2,1H3,(H2,14,15,18). The van der Waals surface area contributed by atoms with Gasteiger partial charge in [0.25, 0.3) is 0 Å². The van der Waals surface area contributed by atoms with Gasteiger partial charge in [-0.15, -0.1) is 0 Å². The molecule has 1 rings (SSSR count). The van der Waals surface area contributed by atoms with Gasteiger partial charge in [-0.1, -0.05) is 42.7 Å². The molecule has 0 heterocycles. The van der Waals surface area contributed by atoms with Gasteiger partial charge in [0, 0.05) is 0 Å². The van der Waals surface area contributed by atoms with Crippen LogP contribution < -0.4 is 0 Å². The van der Waals surface area contributed by atoms with Crippen LogP contribution in [0.1, 0.15) is 36.8 Å². The normalized spacial score (nSPS) is 11.7. The fourth-order valence-electron chi connectivity index (χ4n) is 1.72. The van der Waals surface area contributed by atoms with Crippen LogP contribution in [0.4, 0.5) is 0 Å². The van der Waals surface area contributed by atoms with Crippen LogP contribution in [-0.2, 0) is 22.8 Å². The summed E-state index contributed by atoms with van der Waals surface area (Å²) in [4.78, 5) is 17.7. The number of aryl methyl sites for hydroxylation is 2. The molecule has 0 atom stereocenters. The third kappa shape index (κ3) is 7.96. The molecule has 18 heavy (non-hydrogen) atoms. The first kappa shape index (κ1) is 15.8. The molecule has 0 unspecified atom stereocenters. The van der Waals surface area contributed by atoms with Crippen LogP contribution in [-0.4, -0.2) is 16.4 Å². The molecular formula is C13H21O3PS. The lowest BCUT2D eigenvalue weighted by atomic mass is 10.1. The van der Waals surface area contributed by atoms with Crippen LogP contribution in [0, 0.1) is 6.92 Å². The maximum absolute atomic E-state index is 8.85. The first-order valence-electron chi connectivity index (χ1n) is 6.23. The third-order valence-electron chi connectivity index (χ3n) is 2.74. The van der Waals surface area contributed by atoms with Gasteiger partial charge in [-0.05, 0) is 43.6 Å². The summed E-state index contributed by atoms with van der Waals surface area (Å²) in [6.07, 6.45) is 5.22. The van der Waals surface area contributed by atoms with Gasteiger partial charge in [0.05, 0.1) is 6.61 Å². The molecule has 0 radical (unpaired) electrons. The lowest BCUT2D eigenvalue weighted by Crippen LogP contribution is -1.92. The molecule has 1 aromatic carbocycles. The first-order chi connectivity index (χ1) is 8.47. The maximum Gasteiger partial charge on any atom is 0.321 e. The van der Waals surface area contributed by atoms with Crippen molar-refractivity contribution in [3.8, 4) is 0 Å². The molecule has 102 valence electrons. The van der Waals surface area contributed by atoms with Crippen molar-refractivity contribution >= 4 is 18.5 Å². The van der Waals surface area contributed by atoms with Gasteiger partial charge in [-0.2, -0.15) is 0 Å². The van der Waals surface area contributed by atoms with E-state index < -0.39 is 6.72 Å². The predicted molar refractivity (Wildman–Crippen MR) is 78.0 cm³/mol. The van der Waals surface area contributed by atoms with Crippen molar-refractivity contribution in [1.82, 2.24) is 0 Å². The van der Waals surface area contributed by atoms with Gasteiger partial charge < -0.3 is 14.3 Å². The van der Waals surface area contributed by atoms with E-state index in [-0.39, 0.29) is 0 Å². The zero-order chi connectivity index (χ0) is 13.4. The zero-order valence-corrected chi connectivity index (χ0v) is 12.4. The third-order valence-corrected chi connectivity index (χ3v) is 3.58. The molecule has 0 aliphatic rings. The van der Waals surface area contributed by atoms with Crippen molar-refractivity contribution in [1.29, 1.82) is 0 Å². The van der Waals surface area contributed by atoms with Crippen LogP contribution in [0.2, 0.25) is 0 Å². The van der Waals surface area contributed by atoms with Crippen molar-refractivity contribution in [3.63, 3.8) is 0 Å². The van der Waals surface area contributed by atoms with Crippen molar-refractivity contribution in [2.45, 2.75) is 39.0 Å². The fraction of sp³-hybridized carbons (Fsp3) is 0.538. The van der Waals surface area contributed by atoms with Crippen LogP contribution in [0.5, 0.6) is 0 Å². The highest BCUT2D eigenvalue weighted by Gasteiger charge is 2.06. The summed E-state index contributed by atoms with van der Waals surface area (Å²) in [6.45, 7) is -1.01. The second-order valence-electron chi connectivity index (χ2n) is 4.47. The Morgan fingerprint density at radius 2 is 1.67 bits per heavy atom. The quantitative estimate of drug-likeness (QED) is 0.569. The predicted octanol–water partition coefficient (Wildman–Crippen LogP) is 3.32. The molecule has 3 nitrogen and oxygen atoms in total. The molecule has 0 fully saturated rings. The Balaban J connectivity index is 2.02. The summed E-state index contributed by atoms with van der Waals surface area (Å²) in [5, 5.41) is 0. The topological polar surface area (TPSA) is 49.7 Å². The van der Waals surface area contributed by atoms with E-state index in [1.54, 1.807) is 0 Å². The highest BCUT2D eigenvalue weighted by Crippen LogP contribution is 2.36. The van der Waals surface area contributed by atoms with Crippen LogP contribution in [0.25, 0.3) is 0 Å². The minimum atomic E-state index is -3.44. The molecule has 2 N–H and O–H groups in total. The Morgan fingerprint density at radius 3 is 2.28 bits per heavy atom. The highest BCUT2D eigenvalue weighted by molar-refractivity contribution is 8.06. The van der Waals surface area contributed by atoms with E-state index in [9.17, 15) is 0 Å².